The van der Waals surface area contributed by atoms with Gasteiger partial charge in [0, 0.05) is 12.6 Å². The standard InChI is InChI=1S/C16H26FN/c1-11(2)16(5,6)10-18-13(4)14-8-7-12(3)15(17)9-14/h7-9,11,13,18H,10H2,1-6H3. The maximum Gasteiger partial charge on any atom is 0.126 e. The Kier molecular flexibility index (Phi) is 4.92. The Hall–Kier alpha value is -0.890. The number of hydrogen-bond donors (Lipinski definition) is 1. The zero-order chi connectivity index (χ0) is 13.9. The molecular formula is C16H26FN. The van der Waals surface area contributed by atoms with Crippen LogP contribution in [0.15, 0.2) is 18.2 Å². The molecule has 102 valence electrons. The minimum atomic E-state index is -0.121. The van der Waals surface area contributed by atoms with Gasteiger partial charge in [-0.3, -0.25) is 0 Å². The van der Waals surface area contributed by atoms with Crippen molar-refractivity contribution in [2.24, 2.45) is 11.3 Å². The Morgan fingerprint density at radius 2 is 1.83 bits per heavy atom. The second-order valence-electron chi connectivity index (χ2n) is 6.25. The van der Waals surface area contributed by atoms with Crippen LogP contribution in [0, 0.1) is 24.1 Å². The molecule has 0 fully saturated rings. The molecule has 0 aliphatic carbocycles. The van der Waals surface area contributed by atoms with Crippen molar-refractivity contribution in [3.63, 3.8) is 0 Å². The van der Waals surface area contributed by atoms with Crippen molar-refractivity contribution in [1.82, 2.24) is 5.32 Å². The van der Waals surface area contributed by atoms with Gasteiger partial charge in [0.05, 0.1) is 0 Å². The molecule has 1 aromatic rings. The summed E-state index contributed by atoms with van der Waals surface area (Å²) in [5.41, 5.74) is 1.96. The fourth-order valence-electron chi connectivity index (χ4n) is 1.62. The van der Waals surface area contributed by atoms with E-state index in [1.54, 1.807) is 13.0 Å². The molecule has 0 aliphatic heterocycles. The van der Waals surface area contributed by atoms with Crippen molar-refractivity contribution in [2.45, 2.75) is 47.6 Å². The third-order valence-corrected chi connectivity index (χ3v) is 4.12. The van der Waals surface area contributed by atoms with Gasteiger partial charge in [-0.15, -0.1) is 0 Å². The van der Waals surface area contributed by atoms with Gasteiger partial charge < -0.3 is 5.32 Å². The Morgan fingerprint density at radius 3 is 2.33 bits per heavy atom. The minimum Gasteiger partial charge on any atom is -0.310 e. The number of halogens is 1. The van der Waals surface area contributed by atoms with Crippen LogP contribution in [0.5, 0.6) is 0 Å². The number of aryl methyl sites for hydroxylation is 1. The minimum absolute atomic E-state index is 0.121. The van der Waals surface area contributed by atoms with Gasteiger partial charge in [0.15, 0.2) is 0 Å². The summed E-state index contributed by atoms with van der Waals surface area (Å²) in [6.07, 6.45) is 0. The largest absolute Gasteiger partial charge is 0.310 e. The van der Waals surface area contributed by atoms with Crippen LogP contribution in [-0.2, 0) is 0 Å². The van der Waals surface area contributed by atoms with Crippen LogP contribution in [0.2, 0.25) is 0 Å². The molecule has 0 saturated heterocycles. The van der Waals surface area contributed by atoms with Crippen LogP contribution in [0.3, 0.4) is 0 Å². The van der Waals surface area contributed by atoms with E-state index in [4.69, 9.17) is 0 Å². The van der Waals surface area contributed by atoms with Gasteiger partial charge in [-0.1, -0.05) is 39.8 Å². The van der Waals surface area contributed by atoms with E-state index in [2.05, 4.69) is 39.9 Å². The van der Waals surface area contributed by atoms with Gasteiger partial charge in [0.2, 0.25) is 0 Å². The Morgan fingerprint density at radius 1 is 1.22 bits per heavy atom. The Bertz CT molecular complexity index is 396. The molecule has 0 aromatic heterocycles. The molecule has 1 atom stereocenters. The number of benzene rings is 1. The molecule has 0 heterocycles. The van der Waals surface area contributed by atoms with Crippen molar-refractivity contribution in [1.29, 1.82) is 0 Å². The average Bonchev–Trinajstić information content (AvgIpc) is 2.29. The van der Waals surface area contributed by atoms with E-state index in [0.717, 1.165) is 12.1 Å². The molecule has 1 N–H and O–H groups in total. The first kappa shape index (κ1) is 15.2. The average molecular weight is 251 g/mol. The highest BCUT2D eigenvalue weighted by Gasteiger charge is 2.22. The number of nitrogens with one attached hydrogen (secondary N) is 1. The second-order valence-corrected chi connectivity index (χ2v) is 6.25. The zero-order valence-corrected chi connectivity index (χ0v) is 12.5. The van der Waals surface area contributed by atoms with Crippen LogP contribution in [0.25, 0.3) is 0 Å². The number of rotatable bonds is 5. The molecule has 1 nitrogen and oxygen atoms in total. The summed E-state index contributed by atoms with van der Waals surface area (Å²) in [6, 6.07) is 5.66. The Balaban J connectivity index is 2.66. The molecule has 0 bridgehead atoms. The SMILES string of the molecule is Cc1ccc(C(C)NCC(C)(C)C(C)C)cc1F. The van der Waals surface area contributed by atoms with Gasteiger partial charge in [-0.05, 0) is 42.4 Å². The van der Waals surface area contributed by atoms with E-state index in [9.17, 15) is 4.39 Å². The van der Waals surface area contributed by atoms with E-state index >= 15 is 0 Å². The summed E-state index contributed by atoms with van der Waals surface area (Å²) in [5.74, 6) is 0.497. The summed E-state index contributed by atoms with van der Waals surface area (Å²) in [4.78, 5) is 0. The third-order valence-electron chi connectivity index (χ3n) is 4.12. The van der Waals surface area contributed by atoms with Crippen LogP contribution < -0.4 is 5.32 Å². The lowest BCUT2D eigenvalue weighted by Gasteiger charge is -2.31. The molecule has 0 saturated carbocycles. The van der Waals surface area contributed by atoms with Gasteiger partial charge in [-0.2, -0.15) is 0 Å². The molecule has 0 spiro atoms. The molecule has 0 amide bonds. The van der Waals surface area contributed by atoms with Crippen LogP contribution in [0.4, 0.5) is 4.39 Å². The summed E-state index contributed by atoms with van der Waals surface area (Å²) in [6.45, 7) is 13.8. The quantitative estimate of drug-likeness (QED) is 0.814. The predicted molar refractivity (Wildman–Crippen MR) is 76.2 cm³/mol. The maximum absolute atomic E-state index is 13.5. The summed E-state index contributed by atoms with van der Waals surface area (Å²) < 4.78 is 13.5. The van der Waals surface area contributed by atoms with Gasteiger partial charge >= 0.3 is 0 Å². The maximum atomic E-state index is 13.5. The topological polar surface area (TPSA) is 12.0 Å². The van der Waals surface area contributed by atoms with E-state index in [-0.39, 0.29) is 17.3 Å². The molecule has 1 unspecified atom stereocenters. The smallest absolute Gasteiger partial charge is 0.126 e. The van der Waals surface area contributed by atoms with Crippen molar-refractivity contribution >= 4 is 0 Å². The fraction of sp³-hybridized carbons (Fsp3) is 0.625. The van der Waals surface area contributed by atoms with Crippen LogP contribution >= 0.6 is 0 Å². The van der Waals surface area contributed by atoms with E-state index in [0.29, 0.717) is 11.5 Å². The Labute approximate surface area is 111 Å². The molecule has 1 aromatic carbocycles. The normalized spacial score (nSPS) is 14.0. The van der Waals surface area contributed by atoms with Gasteiger partial charge in [-0.25, -0.2) is 4.39 Å². The molecular weight excluding hydrogens is 225 g/mol. The van der Waals surface area contributed by atoms with Crippen LogP contribution in [0.1, 0.15) is 51.8 Å². The van der Waals surface area contributed by atoms with E-state index < -0.39 is 0 Å². The summed E-state index contributed by atoms with van der Waals surface area (Å²) in [7, 11) is 0. The highest BCUT2D eigenvalue weighted by molar-refractivity contribution is 5.25. The van der Waals surface area contributed by atoms with Crippen molar-refractivity contribution in [2.75, 3.05) is 6.54 Å². The number of hydrogen-bond acceptors (Lipinski definition) is 1. The third kappa shape index (κ3) is 3.81. The van der Waals surface area contributed by atoms with Gasteiger partial charge in [0.1, 0.15) is 5.82 Å². The van der Waals surface area contributed by atoms with E-state index in [1.807, 2.05) is 12.1 Å². The van der Waals surface area contributed by atoms with E-state index in [1.165, 1.54) is 0 Å². The predicted octanol–water partition coefficient (Wildman–Crippen LogP) is 4.47. The molecule has 0 radical (unpaired) electrons. The van der Waals surface area contributed by atoms with Gasteiger partial charge in [0.25, 0.3) is 0 Å². The van der Waals surface area contributed by atoms with Crippen molar-refractivity contribution < 1.29 is 4.39 Å². The highest BCUT2D eigenvalue weighted by atomic mass is 19.1. The first-order valence-corrected chi connectivity index (χ1v) is 6.73. The highest BCUT2D eigenvalue weighted by Crippen LogP contribution is 2.26. The molecule has 1 rings (SSSR count). The fourth-order valence-corrected chi connectivity index (χ4v) is 1.62. The lowest BCUT2D eigenvalue weighted by atomic mass is 9.81. The monoisotopic (exact) mass is 251 g/mol. The van der Waals surface area contributed by atoms with Crippen molar-refractivity contribution in [3.05, 3.63) is 35.1 Å². The molecule has 2 heteroatoms. The summed E-state index contributed by atoms with van der Waals surface area (Å²) in [5, 5.41) is 3.50. The second kappa shape index (κ2) is 5.83. The first-order valence-electron chi connectivity index (χ1n) is 6.73. The lowest BCUT2D eigenvalue weighted by Crippen LogP contribution is -2.34. The molecule has 0 aliphatic rings. The van der Waals surface area contributed by atoms with Crippen LogP contribution in [-0.4, -0.2) is 6.54 Å². The van der Waals surface area contributed by atoms with Crippen molar-refractivity contribution in [3.8, 4) is 0 Å². The summed E-state index contributed by atoms with van der Waals surface area (Å²) >= 11 is 0. The molecule has 18 heavy (non-hydrogen) atoms. The lowest BCUT2D eigenvalue weighted by molar-refractivity contribution is 0.230. The zero-order valence-electron chi connectivity index (χ0n) is 12.5. The first-order chi connectivity index (χ1) is 8.24.